The van der Waals surface area contributed by atoms with Crippen LogP contribution in [0, 0.1) is 11.7 Å². The molecule has 20 heavy (non-hydrogen) atoms. The van der Waals surface area contributed by atoms with Crippen LogP contribution in [-0.4, -0.2) is 25.8 Å². The Morgan fingerprint density at radius 1 is 1.45 bits per heavy atom. The summed E-state index contributed by atoms with van der Waals surface area (Å²) < 4.78 is 19.0. The summed E-state index contributed by atoms with van der Waals surface area (Å²) in [7, 11) is 0. The first-order chi connectivity index (χ1) is 9.78. The monoisotopic (exact) mass is 279 g/mol. The average Bonchev–Trinajstić information content (AvgIpc) is 2.95. The van der Waals surface area contributed by atoms with Crippen molar-refractivity contribution in [3.63, 3.8) is 0 Å². The smallest absolute Gasteiger partial charge is 0.123 e. The Balaban J connectivity index is 1.85. The molecule has 0 bridgehead atoms. The molecule has 2 nitrogen and oxygen atoms in total. The molecule has 2 rings (SSSR count). The molecule has 1 heterocycles. The third-order valence-electron chi connectivity index (χ3n) is 4.02. The van der Waals surface area contributed by atoms with E-state index in [9.17, 15) is 4.39 Å². The van der Waals surface area contributed by atoms with Gasteiger partial charge in [-0.25, -0.2) is 4.39 Å². The zero-order valence-corrected chi connectivity index (χ0v) is 12.4. The Kier molecular flexibility index (Phi) is 6.48. The van der Waals surface area contributed by atoms with Gasteiger partial charge in [-0.2, -0.15) is 0 Å². The largest absolute Gasteiger partial charge is 0.378 e. The van der Waals surface area contributed by atoms with Crippen LogP contribution in [0.25, 0.3) is 0 Å². The normalized spacial score (nSPS) is 20.2. The molecule has 1 saturated heterocycles. The highest BCUT2D eigenvalue weighted by atomic mass is 19.1. The molecule has 2 atom stereocenters. The number of rotatable bonds is 8. The molecule has 1 N–H and O–H groups in total. The van der Waals surface area contributed by atoms with Gasteiger partial charge in [0, 0.05) is 6.61 Å². The minimum atomic E-state index is -0.135. The summed E-state index contributed by atoms with van der Waals surface area (Å²) in [6, 6.07) is 6.99. The quantitative estimate of drug-likeness (QED) is 0.785. The van der Waals surface area contributed by atoms with Gasteiger partial charge in [-0.15, -0.1) is 0 Å². The van der Waals surface area contributed by atoms with Crippen molar-refractivity contribution in [3.05, 3.63) is 35.6 Å². The maximum absolute atomic E-state index is 13.3. The first-order valence-corrected chi connectivity index (χ1v) is 7.84. The minimum absolute atomic E-state index is 0.135. The summed E-state index contributed by atoms with van der Waals surface area (Å²) in [5.41, 5.74) is 1.10. The third-order valence-corrected chi connectivity index (χ3v) is 4.02. The lowest BCUT2D eigenvalue weighted by Crippen LogP contribution is -2.25. The van der Waals surface area contributed by atoms with Gasteiger partial charge in [-0.3, -0.25) is 0 Å². The van der Waals surface area contributed by atoms with Gasteiger partial charge in [0.2, 0.25) is 0 Å². The zero-order chi connectivity index (χ0) is 14.2. The molecule has 0 spiro atoms. The SMILES string of the molecule is CCNCC(CCC1CCCO1)Cc1cccc(F)c1. The summed E-state index contributed by atoms with van der Waals surface area (Å²) >= 11 is 0. The first kappa shape index (κ1) is 15.5. The second-order valence-corrected chi connectivity index (χ2v) is 5.72. The van der Waals surface area contributed by atoms with E-state index in [1.54, 1.807) is 12.1 Å². The molecule has 0 amide bonds. The molecule has 0 saturated carbocycles. The lowest BCUT2D eigenvalue weighted by molar-refractivity contribution is 0.0979. The second kappa shape index (κ2) is 8.38. The number of ether oxygens (including phenoxy) is 1. The fourth-order valence-corrected chi connectivity index (χ4v) is 2.92. The highest BCUT2D eigenvalue weighted by Crippen LogP contribution is 2.21. The molecule has 112 valence electrons. The van der Waals surface area contributed by atoms with Crippen molar-refractivity contribution < 1.29 is 9.13 Å². The van der Waals surface area contributed by atoms with E-state index in [1.165, 1.54) is 18.9 Å². The lowest BCUT2D eigenvalue weighted by Gasteiger charge is -2.19. The van der Waals surface area contributed by atoms with E-state index >= 15 is 0 Å². The van der Waals surface area contributed by atoms with Crippen LogP contribution in [0.2, 0.25) is 0 Å². The maximum atomic E-state index is 13.3. The Bertz CT molecular complexity index is 390. The Morgan fingerprint density at radius 3 is 3.05 bits per heavy atom. The molecule has 0 radical (unpaired) electrons. The molecular formula is C17H26FNO. The molecule has 1 aliphatic heterocycles. The summed E-state index contributed by atoms with van der Waals surface area (Å²) in [4.78, 5) is 0. The molecule has 0 aliphatic carbocycles. The fourth-order valence-electron chi connectivity index (χ4n) is 2.92. The van der Waals surface area contributed by atoms with Crippen molar-refractivity contribution in [2.45, 2.75) is 45.1 Å². The van der Waals surface area contributed by atoms with Gasteiger partial charge in [0.25, 0.3) is 0 Å². The summed E-state index contributed by atoms with van der Waals surface area (Å²) in [5.74, 6) is 0.421. The standard InChI is InChI=1S/C17H26FNO/c1-2-19-13-15(8-9-17-7-4-10-20-17)11-14-5-3-6-16(18)12-14/h3,5-6,12,15,17,19H,2,4,7-11,13H2,1H3. The van der Waals surface area contributed by atoms with Gasteiger partial charge in [0.05, 0.1) is 6.10 Å². The summed E-state index contributed by atoms with van der Waals surface area (Å²) in [5, 5.41) is 3.42. The van der Waals surface area contributed by atoms with Crippen molar-refractivity contribution in [2.75, 3.05) is 19.7 Å². The molecule has 0 aromatic heterocycles. The minimum Gasteiger partial charge on any atom is -0.378 e. The summed E-state index contributed by atoms with van der Waals surface area (Å²) in [6.07, 6.45) is 6.07. The molecule has 1 fully saturated rings. The fraction of sp³-hybridized carbons (Fsp3) is 0.647. The Morgan fingerprint density at radius 2 is 2.35 bits per heavy atom. The molecule has 3 heteroatoms. The predicted molar refractivity (Wildman–Crippen MR) is 80.3 cm³/mol. The number of halogens is 1. The van der Waals surface area contributed by atoms with E-state index in [0.29, 0.717) is 12.0 Å². The van der Waals surface area contributed by atoms with Crippen LogP contribution < -0.4 is 5.32 Å². The number of benzene rings is 1. The number of hydrogen-bond donors (Lipinski definition) is 1. The first-order valence-electron chi connectivity index (χ1n) is 7.84. The van der Waals surface area contributed by atoms with E-state index < -0.39 is 0 Å². The van der Waals surface area contributed by atoms with Crippen LogP contribution in [-0.2, 0) is 11.2 Å². The van der Waals surface area contributed by atoms with E-state index in [-0.39, 0.29) is 5.82 Å². The van der Waals surface area contributed by atoms with Crippen molar-refractivity contribution in [3.8, 4) is 0 Å². The Hall–Kier alpha value is -0.930. The maximum Gasteiger partial charge on any atom is 0.123 e. The molecule has 2 unspecified atom stereocenters. The van der Waals surface area contributed by atoms with Crippen molar-refractivity contribution in [1.29, 1.82) is 0 Å². The molecular weight excluding hydrogens is 253 g/mol. The molecule has 1 aliphatic rings. The van der Waals surface area contributed by atoms with Gasteiger partial charge in [0.15, 0.2) is 0 Å². The predicted octanol–water partition coefficient (Wildman–Crippen LogP) is 3.55. The third kappa shape index (κ3) is 5.22. The van der Waals surface area contributed by atoms with Crippen molar-refractivity contribution in [2.24, 2.45) is 5.92 Å². The average molecular weight is 279 g/mol. The number of hydrogen-bond acceptors (Lipinski definition) is 2. The number of nitrogens with one attached hydrogen (secondary N) is 1. The van der Waals surface area contributed by atoms with Gasteiger partial charge in [0.1, 0.15) is 5.82 Å². The van der Waals surface area contributed by atoms with Crippen molar-refractivity contribution in [1.82, 2.24) is 5.32 Å². The van der Waals surface area contributed by atoms with Gasteiger partial charge in [-0.1, -0.05) is 19.1 Å². The van der Waals surface area contributed by atoms with E-state index in [0.717, 1.165) is 44.5 Å². The summed E-state index contributed by atoms with van der Waals surface area (Å²) in [6.45, 7) is 5.03. The van der Waals surface area contributed by atoms with E-state index in [4.69, 9.17) is 4.74 Å². The Labute approximate surface area is 121 Å². The van der Waals surface area contributed by atoms with E-state index in [2.05, 4.69) is 12.2 Å². The topological polar surface area (TPSA) is 21.3 Å². The van der Waals surface area contributed by atoms with Crippen LogP contribution in [0.15, 0.2) is 24.3 Å². The van der Waals surface area contributed by atoms with Crippen LogP contribution in [0.4, 0.5) is 4.39 Å². The van der Waals surface area contributed by atoms with Crippen LogP contribution in [0.3, 0.4) is 0 Å². The van der Waals surface area contributed by atoms with Gasteiger partial charge >= 0.3 is 0 Å². The van der Waals surface area contributed by atoms with Crippen LogP contribution in [0.5, 0.6) is 0 Å². The molecule has 1 aromatic rings. The van der Waals surface area contributed by atoms with E-state index in [1.807, 2.05) is 6.07 Å². The van der Waals surface area contributed by atoms with Crippen LogP contribution in [0.1, 0.15) is 38.2 Å². The van der Waals surface area contributed by atoms with Crippen molar-refractivity contribution >= 4 is 0 Å². The highest BCUT2D eigenvalue weighted by molar-refractivity contribution is 5.16. The van der Waals surface area contributed by atoms with Crippen LogP contribution >= 0.6 is 0 Å². The highest BCUT2D eigenvalue weighted by Gasteiger charge is 2.18. The van der Waals surface area contributed by atoms with Gasteiger partial charge in [-0.05, 0) is 68.8 Å². The second-order valence-electron chi connectivity index (χ2n) is 5.72. The zero-order valence-electron chi connectivity index (χ0n) is 12.4. The molecule has 1 aromatic carbocycles. The lowest BCUT2D eigenvalue weighted by atomic mass is 9.93. The van der Waals surface area contributed by atoms with Gasteiger partial charge < -0.3 is 10.1 Å².